The molecule has 0 aromatic carbocycles. The zero-order valence-electron chi connectivity index (χ0n) is 6.26. The summed E-state index contributed by atoms with van der Waals surface area (Å²) in [5, 5.41) is 8.95. The lowest BCUT2D eigenvalue weighted by Gasteiger charge is -2.14. The molecule has 0 aliphatic rings. The Morgan fingerprint density at radius 1 is 1.33 bits per heavy atom. The molecule has 3 atom stereocenters. The molecule has 0 spiro atoms. The Balaban J connectivity index is 3.38. The maximum atomic E-state index is 8.95. The van der Waals surface area contributed by atoms with Crippen LogP contribution in [0.2, 0.25) is 0 Å². The molecule has 0 bridgehead atoms. The number of alkyl halides is 1. The van der Waals surface area contributed by atoms with Gasteiger partial charge in [-0.3, -0.25) is 0 Å². The summed E-state index contributed by atoms with van der Waals surface area (Å²) >= 11 is 3.46. The second-order valence-corrected chi connectivity index (χ2v) is 4.18. The van der Waals surface area contributed by atoms with E-state index in [0.717, 1.165) is 6.42 Å². The van der Waals surface area contributed by atoms with Gasteiger partial charge in [-0.2, -0.15) is 0 Å². The van der Waals surface area contributed by atoms with Crippen LogP contribution in [0.25, 0.3) is 0 Å². The Labute approximate surface area is 65.6 Å². The van der Waals surface area contributed by atoms with E-state index in [4.69, 9.17) is 5.11 Å². The molecule has 0 saturated heterocycles. The molecule has 0 saturated carbocycles. The smallest absolute Gasteiger partial charge is 0.0515 e. The molecule has 0 radical (unpaired) electrons. The Hall–Kier alpha value is 0.440. The Morgan fingerprint density at radius 2 is 1.78 bits per heavy atom. The van der Waals surface area contributed by atoms with Gasteiger partial charge in [0.15, 0.2) is 0 Å². The van der Waals surface area contributed by atoms with Crippen LogP contribution in [-0.4, -0.2) is 16.0 Å². The highest BCUT2D eigenvalue weighted by Gasteiger charge is 2.10. The molecule has 56 valence electrons. The molecule has 0 aliphatic heterocycles. The van der Waals surface area contributed by atoms with Crippen molar-refractivity contribution in [1.29, 1.82) is 0 Å². The lowest BCUT2D eigenvalue weighted by atomic mass is 10.0. The molecule has 0 amide bonds. The van der Waals surface area contributed by atoms with Crippen molar-refractivity contribution >= 4 is 15.9 Å². The molecule has 9 heavy (non-hydrogen) atoms. The fraction of sp³-hybridized carbons (Fsp3) is 1.00. The number of hydrogen-bond acceptors (Lipinski definition) is 1. The van der Waals surface area contributed by atoms with E-state index in [2.05, 4.69) is 29.8 Å². The SMILES string of the molecule is CC(O)CC(C)C(C)Br. The minimum atomic E-state index is -0.167. The van der Waals surface area contributed by atoms with Crippen LogP contribution in [0.4, 0.5) is 0 Å². The minimum absolute atomic E-state index is 0.167. The standard InChI is InChI=1S/C7H15BrO/c1-5(7(3)8)4-6(2)9/h5-7,9H,4H2,1-3H3. The topological polar surface area (TPSA) is 20.2 Å². The van der Waals surface area contributed by atoms with E-state index in [1.165, 1.54) is 0 Å². The van der Waals surface area contributed by atoms with Crippen molar-refractivity contribution in [3.05, 3.63) is 0 Å². The van der Waals surface area contributed by atoms with E-state index < -0.39 is 0 Å². The summed E-state index contributed by atoms with van der Waals surface area (Å²) < 4.78 is 0. The van der Waals surface area contributed by atoms with Gasteiger partial charge in [-0.05, 0) is 19.3 Å². The van der Waals surface area contributed by atoms with Crippen LogP contribution >= 0.6 is 15.9 Å². The quantitative estimate of drug-likeness (QED) is 0.684. The predicted molar refractivity (Wildman–Crippen MR) is 43.9 cm³/mol. The van der Waals surface area contributed by atoms with Crippen LogP contribution in [0.5, 0.6) is 0 Å². The third-order valence-electron chi connectivity index (χ3n) is 1.50. The predicted octanol–water partition coefficient (Wildman–Crippen LogP) is 2.18. The van der Waals surface area contributed by atoms with Gasteiger partial charge in [0, 0.05) is 4.83 Å². The molecule has 0 heterocycles. The second kappa shape index (κ2) is 4.29. The van der Waals surface area contributed by atoms with Gasteiger partial charge in [0.1, 0.15) is 0 Å². The van der Waals surface area contributed by atoms with Gasteiger partial charge < -0.3 is 5.11 Å². The minimum Gasteiger partial charge on any atom is -0.393 e. The van der Waals surface area contributed by atoms with Crippen molar-refractivity contribution in [2.75, 3.05) is 0 Å². The molecule has 0 aromatic rings. The van der Waals surface area contributed by atoms with E-state index in [0.29, 0.717) is 10.7 Å². The molecule has 0 aromatic heterocycles. The summed E-state index contributed by atoms with van der Waals surface area (Å²) in [6, 6.07) is 0. The first-order chi connectivity index (χ1) is 4.04. The summed E-state index contributed by atoms with van der Waals surface area (Å²) in [4.78, 5) is 0.507. The van der Waals surface area contributed by atoms with Crippen LogP contribution in [0.15, 0.2) is 0 Å². The summed E-state index contributed by atoms with van der Waals surface area (Å²) in [7, 11) is 0. The first-order valence-electron chi connectivity index (χ1n) is 3.36. The largest absolute Gasteiger partial charge is 0.393 e. The highest BCUT2D eigenvalue weighted by atomic mass is 79.9. The number of aliphatic hydroxyl groups is 1. The van der Waals surface area contributed by atoms with Gasteiger partial charge in [-0.15, -0.1) is 0 Å². The summed E-state index contributed by atoms with van der Waals surface area (Å²) in [5.74, 6) is 0.560. The van der Waals surface area contributed by atoms with Crippen LogP contribution < -0.4 is 0 Å². The number of aliphatic hydroxyl groups excluding tert-OH is 1. The highest BCUT2D eigenvalue weighted by Crippen LogP contribution is 2.16. The van der Waals surface area contributed by atoms with Gasteiger partial charge >= 0.3 is 0 Å². The molecule has 0 fully saturated rings. The van der Waals surface area contributed by atoms with E-state index in [-0.39, 0.29) is 6.10 Å². The molecular weight excluding hydrogens is 180 g/mol. The number of halogens is 1. The summed E-state index contributed by atoms with van der Waals surface area (Å²) in [5.41, 5.74) is 0. The average Bonchev–Trinajstić information content (AvgIpc) is 1.63. The van der Waals surface area contributed by atoms with Crippen molar-refractivity contribution in [2.24, 2.45) is 5.92 Å². The normalized spacial score (nSPS) is 21.0. The zero-order valence-corrected chi connectivity index (χ0v) is 7.85. The van der Waals surface area contributed by atoms with E-state index in [9.17, 15) is 0 Å². The fourth-order valence-corrected chi connectivity index (χ4v) is 0.941. The molecular formula is C7H15BrO. The molecule has 0 aliphatic carbocycles. The lowest BCUT2D eigenvalue weighted by Crippen LogP contribution is -2.13. The van der Waals surface area contributed by atoms with Crippen molar-refractivity contribution in [2.45, 2.75) is 38.1 Å². The van der Waals surface area contributed by atoms with Crippen molar-refractivity contribution in [1.82, 2.24) is 0 Å². The first kappa shape index (κ1) is 9.44. The van der Waals surface area contributed by atoms with E-state index >= 15 is 0 Å². The van der Waals surface area contributed by atoms with Crippen molar-refractivity contribution in [3.8, 4) is 0 Å². The van der Waals surface area contributed by atoms with Gasteiger partial charge in [0.2, 0.25) is 0 Å². The van der Waals surface area contributed by atoms with Crippen LogP contribution in [-0.2, 0) is 0 Å². The maximum absolute atomic E-state index is 8.95. The summed E-state index contributed by atoms with van der Waals surface area (Å²) in [6.07, 6.45) is 0.715. The monoisotopic (exact) mass is 194 g/mol. The van der Waals surface area contributed by atoms with Crippen LogP contribution in [0, 0.1) is 5.92 Å². The van der Waals surface area contributed by atoms with E-state index in [1.807, 2.05) is 6.92 Å². The molecule has 0 rings (SSSR count). The van der Waals surface area contributed by atoms with Crippen LogP contribution in [0.1, 0.15) is 27.2 Å². The lowest BCUT2D eigenvalue weighted by molar-refractivity contribution is 0.164. The van der Waals surface area contributed by atoms with Gasteiger partial charge in [-0.1, -0.05) is 29.8 Å². The maximum Gasteiger partial charge on any atom is 0.0515 e. The van der Waals surface area contributed by atoms with E-state index in [1.54, 1.807) is 0 Å². The highest BCUT2D eigenvalue weighted by molar-refractivity contribution is 9.09. The Bertz CT molecular complexity index is 71.3. The zero-order chi connectivity index (χ0) is 7.44. The summed E-state index contributed by atoms with van der Waals surface area (Å²) in [6.45, 7) is 6.06. The average molecular weight is 195 g/mol. The Morgan fingerprint density at radius 3 is 1.89 bits per heavy atom. The third kappa shape index (κ3) is 4.91. The molecule has 1 N–H and O–H groups in total. The van der Waals surface area contributed by atoms with Crippen molar-refractivity contribution in [3.63, 3.8) is 0 Å². The van der Waals surface area contributed by atoms with Crippen LogP contribution in [0.3, 0.4) is 0 Å². The third-order valence-corrected chi connectivity index (χ3v) is 2.40. The fourth-order valence-electron chi connectivity index (χ4n) is 0.726. The molecule has 3 unspecified atom stereocenters. The number of hydrogen-bond donors (Lipinski definition) is 1. The Kier molecular flexibility index (Phi) is 4.50. The second-order valence-electron chi connectivity index (χ2n) is 2.74. The first-order valence-corrected chi connectivity index (χ1v) is 4.27. The van der Waals surface area contributed by atoms with Crippen molar-refractivity contribution < 1.29 is 5.11 Å². The van der Waals surface area contributed by atoms with Gasteiger partial charge in [0.25, 0.3) is 0 Å². The van der Waals surface area contributed by atoms with Gasteiger partial charge in [-0.25, -0.2) is 0 Å². The number of rotatable bonds is 3. The molecule has 2 heteroatoms. The molecule has 1 nitrogen and oxygen atoms in total. The van der Waals surface area contributed by atoms with Gasteiger partial charge in [0.05, 0.1) is 6.10 Å².